The molecule has 12 rings (SSSR count). The van der Waals surface area contributed by atoms with E-state index in [4.69, 9.17) is 4.42 Å². The lowest BCUT2D eigenvalue weighted by Crippen LogP contribution is -2.12. The van der Waals surface area contributed by atoms with E-state index >= 15 is 0 Å². The molecule has 63 heavy (non-hydrogen) atoms. The molecule has 0 aliphatic carbocycles. The van der Waals surface area contributed by atoms with Gasteiger partial charge >= 0.3 is 0 Å². The first-order valence-corrected chi connectivity index (χ1v) is 21.5. The van der Waals surface area contributed by atoms with Gasteiger partial charge in [-0.2, -0.15) is 0 Å². The molecular weight excluding hydrogens is 765 g/mol. The van der Waals surface area contributed by atoms with Gasteiger partial charge in [-0.05, 0) is 100 Å². The average Bonchev–Trinajstić information content (AvgIpc) is 3.91. The van der Waals surface area contributed by atoms with E-state index in [1.54, 1.807) is 0 Å². The van der Waals surface area contributed by atoms with E-state index in [-0.39, 0.29) is 0 Å². The Morgan fingerprint density at radius 2 is 0.778 bits per heavy atom. The molecule has 0 bridgehead atoms. The van der Waals surface area contributed by atoms with Gasteiger partial charge in [0.1, 0.15) is 11.2 Å². The second-order valence-electron chi connectivity index (χ2n) is 16.1. The van der Waals surface area contributed by atoms with E-state index in [0.717, 1.165) is 83.6 Å². The van der Waals surface area contributed by atoms with Crippen LogP contribution >= 0.6 is 0 Å². The van der Waals surface area contributed by atoms with Gasteiger partial charge in [-0.1, -0.05) is 176 Å². The maximum absolute atomic E-state index is 6.25. The number of hydrogen-bond acceptors (Lipinski definition) is 2. The van der Waals surface area contributed by atoms with Crippen LogP contribution in [0.1, 0.15) is 0 Å². The predicted molar refractivity (Wildman–Crippen MR) is 264 cm³/mol. The summed E-state index contributed by atoms with van der Waals surface area (Å²) < 4.78 is 8.63. The minimum atomic E-state index is 0.901. The summed E-state index contributed by atoms with van der Waals surface area (Å²) in [5, 5.41) is 4.80. The fourth-order valence-corrected chi connectivity index (χ4v) is 9.43. The molecule has 0 aliphatic heterocycles. The molecule has 0 amide bonds. The van der Waals surface area contributed by atoms with E-state index in [2.05, 4.69) is 240 Å². The molecule has 296 valence electrons. The van der Waals surface area contributed by atoms with Gasteiger partial charge in [0.15, 0.2) is 0 Å². The number of hydrogen-bond donors (Lipinski definition) is 0. The summed E-state index contributed by atoms with van der Waals surface area (Å²) >= 11 is 0. The Hall–Kier alpha value is -8.40. The lowest BCUT2D eigenvalue weighted by atomic mass is 9.96. The van der Waals surface area contributed by atoms with E-state index in [1.807, 2.05) is 12.1 Å². The summed E-state index contributed by atoms with van der Waals surface area (Å²) in [6.45, 7) is 0. The monoisotopic (exact) mass is 804 g/mol. The molecule has 0 aliphatic rings. The van der Waals surface area contributed by atoms with Crippen molar-refractivity contribution in [2.24, 2.45) is 0 Å². The molecule has 0 saturated carbocycles. The van der Waals surface area contributed by atoms with Crippen LogP contribution < -0.4 is 4.90 Å². The number of anilines is 3. The van der Waals surface area contributed by atoms with Crippen LogP contribution in [0.3, 0.4) is 0 Å². The number of para-hydroxylation sites is 5. The SMILES string of the molecule is c1ccc(-c2ccccc2N(c2ccc(-c3cccc(-n4c5ccccc5c5ccccc54)c3)cc2)c2ccccc2-c2ccc(-c3ccc4c(c3)oc3ccccc34)cc2)cc1. The topological polar surface area (TPSA) is 21.3 Å². The number of furan rings is 1. The van der Waals surface area contributed by atoms with E-state index < -0.39 is 0 Å². The van der Waals surface area contributed by atoms with Gasteiger partial charge < -0.3 is 13.9 Å². The van der Waals surface area contributed by atoms with Gasteiger partial charge in [-0.3, -0.25) is 0 Å². The van der Waals surface area contributed by atoms with E-state index in [1.165, 1.54) is 27.4 Å². The zero-order valence-electron chi connectivity index (χ0n) is 34.4. The van der Waals surface area contributed by atoms with E-state index in [0.29, 0.717) is 0 Å². The second-order valence-corrected chi connectivity index (χ2v) is 16.1. The lowest BCUT2D eigenvalue weighted by molar-refractivity contribution is 0.669. The average molecular weight is 805 g/mol. The Kier molecular flexibility index (Phi) is 8.83. The first kappa shape index (κ1) is 36.5. The molecule has 10 aromatic carbocycles. The molecule has 0 atom stereocenters. The van der Waals surface area contributed by atoms with Crippen LogP contribution in [0.4, 0.5) is 17.1 Å². The van der Waals surface area contributed by atoms with Crippen molar-refractivity contribution in [3.8, 4) is 50.2 Å². The maximum atomic E-state index is 6.25. The minimum absolute atomic E-state index is 0.901. The Bertz CT molecular complexity index is 3560. The quantitative estimate of drug-likeness (QED) is 0.153. The molecule has 12 aromatic rings. The molecule has 3 nitrogen and oxygen atoms in total. The van der Waals surface area contributed by atoms with Crippen molar-refractivity contribution in [1.82, 2.24) is 4.57 Å². The Morgan fingerprint density at radius 3 is 1.46 bits per heavy atom. The fourth-order valence-electron chi connectivity index (χ4n) is 9.43. The third kappa shape index (κ3) is 6.38. The summed E-state index contributed by atoms with van der Waals surface area (Å²) in [7, 11) is 0. The third-order valence-corrected chi connectivity index (χ3v) is 12.4. The molecule has 2 heterocycles. The van der Waals surface area contributed by atoms with Crippen molar-refractivity contribution in [1.29, 1.82) is 0 Å². The molecule has 3 heteroatoms. The largest absolute Gasteiger partial charge is 0.456 e. The number of benzene rings is 10. The van der Waals surface area contributed by atoms with E-state index in [9.17, 15) is 0 Å². The summed E-state index contributed by atoms with van der Waals surface area (Å²) in [6.07, 6.45) is 0. The molecule has 0 N–H and O–H groups in total. The highest BCUT2D eigenvalue weighted by atomic mass is 16.3. The predicted octanol–water partition coefficient (Wildman–Crippen LogP) is 16.8. The first-order chi connectivity index (χ1) is 31.2. The summed E-state index contributed by atoms with van der Waals surface area (Å²) in [5.41, 5.74) is 17.8. The molecule has 0 saturated heterocycles. The van der Waals surface area contributed by atoms with Gasteiger partial charge in [-0.25, -0.2) is 0 Å². The highest BCUT2D eigenvalue weighted by Gasteiger charge is 2.21. The summed E-state index contributed by atoms with van der Waals surface area (Å²) in [4.78, 5) is 2.42. The van der Waals surface area contributed by atoms with Crippen LogP contribution in [0, 0.1) is 0 Å². The maximum Gasteiger partial charge on any atom is 0.136 e. The standard InChI is InChI=1S/C60H40N2O/c1-2-15-43(16-3-1)49-19-4-9-24-55(49)61(47-36-33-42(34-37-47)45-17-14-18-48(39-45)62-57-26-11-6-21-51(57)52-22-7-12-27-58(52)62)56-25-10-5-20-50(56)44-31-29-41(30-32-44)46-35-38-54-53-23-8-13-28-59(53)63-60(54)40-46/h1-40H. The molecule has 0 radical (unpaired) electrons. The second kappa shape index (κ2) is 15.3. The third-order valence-electron chi connectivity index (χ3n) is 12.4. The Morgan fingerprint density at radius 1 is 0.302 bits per heavy atom. The molecule has 0 fully saturated rings. The number of nitrogens with zero attached hydrogens (tertiary/aromatic N) is 2. The number of fused-ring (bicyclic) bond motifs is 6. The molecule has 0 spiro atoms. The molecule has 0 unspecified atom stereocenters. The number of aromatic nitrogens is 1. The van der Waals surface area contributed by atoms with Crippen LogP contribution in [0.2, 0.25) is 0 Å². The van der Waals surface area contributed by atoms with Crippen LogP contribution in [0.5, 0.6) is 0 Å². The first-order valence-electron chi connectivity index (χ1n) is 21.5. The van der Waals surface area contributed by atoms with Crippen molar-refractivity contribution >= 4 is 60.8 Å². The fraction of sp³-hybridized carbons (Fsp3) is 0. The Balaban J connectivity index is 0.946. The van der Waals surface area contributed by atoms with Crippen molar-refractivity contribution in [2.45, 2.75) is 0 Å². The summed E-state index contributed by atoms with van der Waals surface area (Å²) in [5.74, 6) is 0. The van der Waals surface area contributed by atoms with Gasteiger partial charge in [0, 0.05) is 44.0 Å². The van der Waals surface area contributed by atoms with Crippen molar-refractivity contribution in [3.05, 3.63) is 243 Å². The Labute approximate surface area is 366 Å². The van der Waals surface area contributed by atoms with Gasteiger partial charge in [0.25, 0.3) is 0 Å². The van der Waals surface area contributed by atoms with Gasteiger partial charge in [0.05, 0.1) is 22.4 Å². The van der Waals surface area contributed by atoms with Crippen molar-refractivity contribution in [3.63, 3.8) is 0 Å². The molecular formula is C60H40N2O. The van der Waals surface area contributed by atoms with Gasteiger partial charge in [0.2, 0.25) is 0 Å². The van der Waals surface area contributed by atoms with Crippen LogP contribution in [0.15, 0.2) is 247 Å². The van der Waals surface area contributed by atoms with Crippen LogP contribution in [-0.4, -0.2) is 4.57 Å². The van der Waals surface area contributed by atoms with Crippen LogP contribution in [-0.2, 0) is 0 Å². The smallest absolute Gasteiger partial charge is 0.136 e. The lowest BCUT2D eigenvalue weighted by Gasteiger charge is -2.30. The highest BCUT2D eigenvalue weighted by molar-refractivity contribution is 6.09. The van der Waals surface area contributed by atoms with Crippen molar-refractivity contribution in [2.75, 3.05) is 4.90 Å². The van der Waals surface area contributed by atoms with Crippen molar-refractivity contribution < 1.29 is 4.42 Å². The normalized spacial score (nSPS) is 11.5. The summed E-state index contributed by atoms with van der Waals surface area (Å²) in [6, 6.07) is 87.2. The zero-order valence-corrected chi connectivity index (χ0v) is 34.4. The highest BCUT2D eigenvalue weighted by Crippen LogP contribution is 2.45. The number of rotatable bonds is 8. The zero-order chi connectivity index (χ0) is 41.7. The molecule has 2 aromatic heterocycles. The van der Waals surface area contributed by atoms with Gasteiger partial charge in [-0.15, -0.1) is 0 Å². The minimum Gasteiger partial charge on any atom is -0.456 e. The van der Waals surface area contributed by atoms with Crippen LogP contribution in [0.25, 0.3) is 93.9 Å².